The number of halogens is 1. The summed E-state index contributed by atoms with van der Waals surface area (Å²) >= 11 is 3.49. The minimum atomic E-state index is 0.587. The van der Waals surface area contributed by atoms with E-state index in [0.717, 1.165) is 41.9 Å². The predicted molar refractivity (Wildman–Crippen MR) is 103 cm³/mol. The molecule has 8 heteroatoms. The molecule has 0 atom stereocenters. The highest BCUT2D eigenvalue weighted by molar-refractivity contribution is 9.10. The Bertz CT molecular complexity index is 807. The van der Waals surface area contributed by atoms with Crippen molar-refractivity contribution in [3.05, 3.63) is 34.6 Å². The largest absolute Gasteiger partial charge is 0.354 e. The summed E-state index contributed by atoms with van der Waals surface area (Å²) in [5.41, 5.74) is 2.31. The van der Waals surface area contributed by atoms with Crippen molar-refractivity contribution in [2.45, 2.75) is 31.6 Å². The molecule has 2 aromatic heterocycles. The number of anilines is 3. The van der Waals surface area contributed by atoms with Gasteiger partial charge in [0.2, 0.25) is 5.95 Å². The van der Waals surface area contributed by atoms with E-state index in [0.29, 0.717) is 17.7 Å². The molecule has 0 amide bonds. The van der Waals surface area contributed by atoms with Gasteiger partial charge in [0.1, 0.15) is 0 Å². The van der Waals surface area contributed by atoms with E-state index in [1.54, 1.807) is 6.20 Å². The van der Waals surface area contributed by atoms with E-state index in [1.807, 2.05) is 6.07 Å². The van der Waals surface area contributed by atoms with Crippen molar-refractivity contribution in [2.75, 3.05) is 23.7 Å². The van der Waals surface area contributed by atoms with E-state index in [-0.39, 0.29) is 0 Å². The number of rotatable bonds is 7. The van der Waals surface area contributed by atoms with E-state index >= 15 is 0 Å². The molecule has 3 N–H and O–H groups in total. The van der Waals surface area contributed by atoms with E-state index in [1.165, 1.54) is 18.5 Å². The van der Waals surface area contributed by atoms with Crippen molar-refractivity contribution < 1.29 is 0 Å². The average molecular weight is 402 g/mol. The zero-order valence-corrected chi connectivity index (χ0v) is 15.4. The first-order valence-corrected chi connectivity index (χ1v) is 9.36. The molecule has 1 aliphatic heterocycles. The predicted octanol–water partition coefficient (Wildman–Crippen LogP) is 3.79. The maximum Gasteiger partial charge on any atom is 0.224 e. The molecule has 0 unspecified atom stereocenters. The van der Waals surface area contributed by atoms with Gasteiger partial charge in [0, 0.05) is 49.1 Å². The Balaban J connectivity index is 1.37. The molecule has 7 nitrogen and oxygen atoms in total. The Morgan fingerprint density at radius 3 is 3.04 bits per heavy atom. The lowest BCUT2D eigenvalue weighted by atomic mass is 10.2. The van der Waals surface area contributed by atoms with Crippen molar-refractivity contribution in [3.63, 3.8) is 0 Å². The summed E-state index contributed by atoms with van der Waals surface area (Å²) in [4.78, 5) is 13.3. The van der Waals surface area contributed by atoms with Gasteiger partial charge in [-0.2, -0.15) is 10.1 Å². The van der Waals surface area contributed by atoms with Gasteiger partial charge in [-0.25, -0.2) is 4.98 Å². The molecule has 1 aliphatic carbocycles. The molecule has 0 spiro atoms. The molecule has 25 heavy (non-hydrogen) atoms. The number of hydrogen-bond acceptors (Lipinski definition) is 6. The van der Waals surface area contributed by atoms with Crippen LogP contribution in [0.5, 0.6) is 0 Å². The molecule has 130 valence electrons. The molecule has 0 aromatic carbocycles. The maximum atomic E-state index is 4.53. The van der Waals surface area contributed by atoms with Gasteiger partial charge in [-0.1, -0.05) is 6.08 Å². The summed E-state index contributed by atoms with van der Waals surface area (Å²) in [6.45, 7) is 1.64. The fraction of sp³-hybridized carbons (Fsp3) is 0.412. The van der Waals surface area contributed by atoms with Crippen LogP contribution in [-0.2, 0) is 0 Å². The number of hydrogen-bond donors (Lipinski definition) is 3. The zero-order chi connectivity index (χ0) is 17.1. The second-order valence-electron chi connectivity index (χ2n) is 6.24. The van der Waals surface area contributed by atoms with Crippen LogP contribution in [0.25, 0.3) is 0 Å². The summed E-state index contributed by atoms with van der Waals surface area (Å²) in [6, 6.07) is 2.05. The first kappa shape index (κ1) is 16.3. The molecule has 0 bridgehead atoms. The number of nitrogens with zero attached hydrogens (tertiary/aromatic N) is 4. The summed E-state index contributed by atoms with van der Waals surface area (Å²) in [7, 11) is 0. The van der Waals surface area contributed by atoms with Gasteiger partial charge in [0.15, 0.2) is 11.6 Å². The maximum absolute atomic E-state index is 4.53. The lowest BCUT2D eigenvalue weighted by molar-refractivity contribution is 0.962. The Morgan fingerprint density at radius 2 is 2.24 bits per heavy atom. The summed E-state index contributed by atoms with van der Waals surface area (Å²) < 4.78 is 0.800. The molecule has 2 aromatic rings. The molecule has 4 rings (SSSR count). The van der Waals surface area contributed by atoms with Gasteiger partial charge >= 0.3 is 0 Å². The number of allylic oxidation sites excluding steroid dienone is 1. The first-order chi connectivity index (χ1) is 12.3. The fourth-order valence-corrected chi connectivity index (χ4v) is 2.98. The third-order valence-electron chi connectivity index (χ3n) is 4.19. The molecule has 3 heterocycles. The molecule has 0 saturated heterocycles. The fourth-order valence-electron chi connectivity index (χ4n) is 2.68. The highest BCUT2D eigenvalue weighted by Gasteiger charge is 2.25. The highest BCUT2D eigenvalue weighted by Crippen LogP contribution is 2.39. The Kier molecular flexibility index (Phi) is 4.78. The van der Waals surface area contributed by atoms with Crippen molar-refractivity contribution in [1.82, 2.24) is 20.2 Å². The van der Waals surface area contributed by atoms with Crippen LogP contribution < -0.4 is 10.6 Å². The second kappa shape index (κ2) is 7.35. The van der Waals surface area contributed by atoms with Gasteiger partial charge in [0.05, 0.1) is 4.47 Å². The number of nitrogens with one attached hydrogen (secondary N) is 3. The quantitative estimate of drug-likeness (QED) is 0.656. The highest BCUT2D eigenvalue weighted by atomic mass is 79.9. The number of aromatic amines is 1. The van der Waals surface area contributed by atoms with E-state index in [4.69, 9.17) is 0 Å². The Hall–Kier alpha value is -2.22. The van der Waals surface area contributed by atoms with Crippen molar-refractivity contribution in [2.24, 2.45) is 4.99 Å². The van der Waals surface area contributed by atoms with Crippen LogP contribution in [-0.4, -0.2) is 39.0 Å². The summed E-state index contributed by atoms with van der Waals surface area (Å²) in [6.07, 6.45) is 10.4. The third-order valence-corrected chi connectivity index (χ3v) is 4.77. The van der Waals surface area contributed by atoms with Crippen LogP contribution in [0.3, 0.4) is 0 Å². The third kappa shape index (κ3) is 4.25. The van der Waals surface area contributed by atoms with Crippen LogP contribution >= 0.6 is 15.9 Å². The molecular weight excluding hydrogens is 382 g/mol. The minimum absolute atomic E-state index is 0.587. The zero-order valence-electron chi connectivity index (χ0n) is 13.8. The summed E-state index contributed by atoms with van der Waals surface area (Å²) in [5, 5.41) is 13.9. The van der Waals surface area contributed by atoms with Gasteiger partial charge in [-0.3, -0.25) is 10.1 Å². The molecule has 1 saturated carbocycles. The number of H-pyrrole nitrogens is 1. The van der Waals surface area contributed by atoms with Gasteiger partial charge < -0.3 is 10.6 Å². The molecule has 0 radical (unpaired) electrons. The number of aliphatic imine (C=N–C) groups is 1. The number of aromatic nitrogens is 4. The second-order valence-corrected chi connectivity index (χ2v) is 7.09. The smallest absolute Gasteiger partial charge is 0.224 e. The van der Waals surface area contributed by atoms with Crippen LogP contribution in [0, 0.1) is 0 Å². The SMILES string of the molecule is Brc1cnc(NCCC2=NCCC=C2)nc1Nc1cc(C2CC2)[nH]n1. The summed E-state index contributed by atoms with van der Waals surface area (Å²) in [5.74, 6) is 2.70. The lowest BCUT2D eigenvalue weighted by Gasteiger charge is -2.09. The average Bonchev–Trinajstić information content (AvgIpc) is 3.38. The van der Waals surface area contributed by atoms with Gasteiger partial charge in [-0.15, -0.1) is 0 Å². The van der Waals surface area contributed by atoms with Crippen LogP contribution in [0.4, 0.5) is 17.6 Å². The van der Waals surface area contributed by atoms with E-state index in [2.05, 4.69) is 63.9 Å². The van der Waals surface area contributed by atoms with Crippen LogP contribution in [0.15, 0.2) is 33.9 Å². The number of dihydropyridines is 1. The monoisotopic (exact) mass is 401 g/mol. The van der Waals surface area contributed by atoms with Crippen LogP contribution in [0.2, 0.25) is 0 Å². The van der Waals surface area contributed by atoms with Gasteiger partial charge in [0.25, 0.3) is 0 Å². The Labute approximate surface area is 154 Å². The van der Waals surface area contributed by atoms with Crippen molar-refractivity contribution >= 4 is 39.2 Å². The minimum Gasteiger partial charge on any atom is -0.354 e. The normalized spacial score (nSPS) is 16.6. The van der Waals surface area contributed by atoms with Crippen molar-refractivity contribution in [3.8, 4) is 0 Å². The molecular formula is C17H20BrN7. The first-order valence-electron chi connectivity index (χ1n) is 8.56. The molecule has 2 aliphatic rings. The van der Waals surface area contributed by atoms with Crippen LogP contribution in [0.1, 0.15) is 37.3 Å². The van der Waals surface area contributed by atoms with Crippen molar-refractivity contribution in [1.29, 1.82) is 0 Å². The Morgan fingerprint density at radius 1 is 1.32 bits per heavy atom. The van der Waals surface area contributed by atoms with E-state index in [9.17, 15) is 0 Å². The molecule has 1 fully saturated rings. The van der Waals surface area contributed by atoms with E-state index < -0.39 is 0 Å². The topological polar surface area (TPSA) is 90.9 Å². The van der Waals surface area contributed by atoms with Gasteiger partial charge in [-0.05, 0) is 41.3 Å². The standard InChI is InChI=1S/C17H20BrN7/c18-13-10-21-17(20-8-6-12-3-1-2-7-19-12)23-16(13)22-15-9-14(24-25-15)11-4-5-11/h1,3,9-11H,2,4-8H2,(H3,20,21,22,23,24,25). The lowest BCUT2D eigenvalue weighted by Crippen LogP contribution is -2.11.